The van der Waals surface area contributed by atoms with Crippen LogP contribution in [0.4, 0.5) is 4.39 Å². The van der Waals surface area contributed by atoms with Crippen LogP contribution in [0.1, 0.15) is 34.8 Å². The van der Waals surface area contributed by atoms with Crippen LogP contribution in [0.15, 0.2) is 42.5 Å². The maximum Gasteiger partial charge on any atom is 0.231 e. The molecule has 0 spiro atoms. The number of hydrazine groups is 1. The van der Waals surface area contributed by atoms with E-state index in [4.69, 9.17) is 9.47 Å². The Morgan fingerprint density at radius 2 is 2.07 bits per heavy atom. The minimum absolute atomic E-state index is 0.0194. The van der Waals surface area contributed by atoms with E-state index in [2.05, 4.69) is 15.8 Å². The maximum atomic E-state index is 13.7. The van der Waals surface area contributed by atoms with Gasteiger partial charge in [0.15, 0.2) is 17.3 Å². The lowest BCUT2D eigenvalue weighted by molar-refractivity contribution is 0.0798. The van der Waals surface area contributed by atoms with Gasteiger partial charge < -0.3 is 14.4 Å². The molecular weight excluding hydrogens is 385 g/mol. The number of ketones is 1. The van der Waals surface area contributed by atoms with Gasteiger partial charge in [-0.25, -0.2) is 9.82 Å². The zero-order chi connectivity index (χ0) is 20.5. The topological polar surface area (TPSA) is 62.8 Å². The zero-order valence-electron chi connectivity index (χ0n) is 16.8. The van der Waals surface area contributed by atoms with Gasteiger partial charge >= 0.3 is 0 Å². The summed E-state index contributed by atoms with van der Waals surface area (Å²) in [5.41, 5.74) is 8.15. The van der Waals surface area contributed by atoms with Gasteiger partial charge in [0.25, 0.3) is 0 Å². The Balaban J connectivity index is 1.25. The number of ether oxygens (including phenoxy) is 2. The van der Waals surface area contributed by atoms with Crippen LogP contribution in [0.3, 0.4) is 0 Å². The van der Waals surface area contributed by atoms with E-state index < -0.39 is 0 Å². The first-order chi connectivity index (χ1) is 14.7. The molecule has 2 aromatic rings. The number of halogens is 1. The molecule has 7 heteroatoms. The van der Waals surface area contributed by atoms with Crippen molar-refractivity contribution >= 4 is 5.78 Å². The Morgan fingerprint density at radius 1 is 1.17 bits per heavy atom. The van der Waals surface area contributed by atoms with E-state index in [1.54, 1.807) is 18.2 Å². The predicted octanol–water partition coefficient (Wildman–Crippen LogP) is 2.91. The second-order valence-corrected chi connectivity index (χ2v) is 8.35. The van der Waals surface area contributed by atoms with Gasteiger partial charge in [-0.2, -0.15) is 0 Å². The van der Waals surface area contributed by atoms with Crippen LogP contribution >= 0.6 is 0 Å². The van der Waals surface area contributed by atoms with Gasteiger partial charge in [0.2, 0.25) is 6.79 Å². The maximum absolute atomic E-state index is 13.7. The molecule has 0 aliphatic carbocycles. The van der Waals surface area contributed by atoms with Crippen LogP contribution in [-0.2, 0) is 0 Å². The monoisotopic (exact) mass is 411 g/mol. The minimum atomic E-state index is -0.215. The number of fused-ring (bicyclic) bond motifs is 1. The van der Waals surface area contributed by atoms with E-state index in [1.165, 1.54) is 6.07 Å². The molecule has 2 saturated heterocycles. The van der Waals surface area contributed by atoms with Crippen molar-refractivity contribution in [2.24, 2.45) is 11.8 Å². The van der Waals surface area contributed by atoms with Crippen molar-refractivity contribution in [3.63, 3.8) is 0 Å². The summed E-state index contributed by atoms with van der Waals surface area (Å²) < 4.78 is 24.4. The number of benzene rings is 2. The van der Waals surface area contributed by atoms with Gasteiger partial charge in [-0.05, 0) is 55.3 Å². The molecule has 3 aliphatic rings. The standard InChI is InChI=1S/C23H26FN3O3/c24-19-5-1-3-15(9-19)22-18(11-25-26-22)13-27-8-2-4-17(12-27)23(28)16-6-7-20-21(10-16)30-14-29-20/h1,3,5-7,9-10,17-18,22,25-26H,2,4,8,11-14H2. The van der Waals surface area contributed by atoms with Crippen molar-refractivity contribution in [3.05, 3.63) is 59.4 Å². The summed E-state index contributed by atoms with van der Waals surface area (Å²) in [4.78, 5) is 15.5. The number of nitrogens with zero attached hydrogens (tertiary/aromatic N) is 1. The van der Waals surface area contributed by atoms with Crippen LogP contribution in [0.2, 0.25) is 0 Å². The molecule has 0 saturated carbocycles. The highest BCUT2D eigenvalue weighted by atomic mass is 19.1. The number of rotatable bonds is 5. The highest BCUT2D eigenvalue weighted by Gasteiger charge is 2.33. The Bertz CT molecular complexity index is 938. The number of nitrogens with one attached hydrogen (secondary N) is 2. The van der Waals surface area contributed by atoms with Crippen molar-refractivity contribution in [3.8, 4) is 11.5 Å². The molecule has 5 rings (SSSR count). The Morgan fingerprint density at radius 3 is 2.97 bits per heavy atom. The number of likely N-dealkylation sites (tertiary alicyclic amines) is 1. The molecule has 3 heterocycles. The number of carbonyl (C=O) groups excluding carboxylic acids is 1. The van der Waals surface area contributed by atoms with Gasteiger partial charge in [-0.15, -0.1) is 0 Å². The highest BCUT2D eigenvalue weighted by Crippen LogP contribution is 2.34. The van der Waals surface area contributed by atoms with Crippen LogP contribution in [0.25, 0.3) is 0 Å². The summed E-state index contributed by atoms with van der Waals surface area (Å²) >= 11 is 0. The van der Waals surface area contributed by atoms with Crippen molar-refractivity contribution in [1.29, 1.82) is 0 Å². The molecule has 0 aromatic heterocycles. The van der Waals surface area contributed by atoms with Crippen molar-refractivity contribution in [2.75, 3.05) is 33.0 Å². The number of hydrogen-bond donors (Lipinski definition) is 2. The molecule has 30 heavy (non-hydrogen) atoms. The van der Waals surface area contributed by atoms with Crippen molar-refractivity contribution in [2.45, 2.75) is 18.9 Å². The van der Waals surface area contributed by atoms with Crippen LogP contribution < -0.4 is 20.3 Å². The van der Waals surface area contributed by atoms with E-state index >= 15 is 0 Å². The molecule has 0 bridgehead atoms. The first kappa shape index (κ1) is 19.5. The number of piperidine rings is 1. The van der Waals surface area contributed by atoms with Gasteiger partial charge in [0.05, 0.1) is 6.04 Å². The average molecular weight is 411 g/mol. The first-order valence-corrected chi connectivity index (χ1v) is 10.6. The summed E-state index contributed by atoms with van der Waals surface area (Å²) in [5.74, 6) is 1.59. The normalized spacial score (nSPS) is 26.1. The molecule has 3 aliphatic heterocycles. The van der Waals surface area contributed by atoms with Gasteiger partial charge in [-0.3, -0.25) is 10.2 Å². The largest absolute Gasteiger partial charge is 0.454 e. The van der Waals surface area contributed by atoms with Gasteiger partial charge in [0.1, 0.15) is 5.82 Å². The second kappa shape index (κ2) is 8.34. The number of Topliss-reactive ketones (excluding diaryl/α,β-unsaturated/α-hetero) is 1. The lowest BCUT2D eigenvalue weighted by Gasteiger charge is -2.34. The molecular formula is C23H26FN3O3. The summed E-state index contributed by atoms with van der Waals surface area (Å²) in [6.45, 7) is 3.63. The predicted molar refractivity (Wildman–Crippen MR) is 110 cm³/mol. The van der Waals surface area contributed by atoms with E-state index in [-0.39, 0.29) is 30.4 Å². The molecule has 3 unspecified atom stereocenters. The Kier molecular flexibility index (Phi) is 5.41. The summed E-state index contributed by atoms with van der Waals surface area (Å²) in [7, 11) is 0. The third-order valence-electron chi connectivity index (χ3n) is 6.33. The summed E-state index contributed by atoms with van der Waals surface area (Å²) in [6.07, 6.45) is 1.90. The molecule has 2 N–H and O–H groups in total. The molecule has 2 aromatic carbocycles. The molecule has 2 fully saturated rings. The van der Waals surface area contributed by atoms with Crippen LogP contribution in [0.5, 0.6) is 11.5 Å². The van der Waals surface area contributed by atoms with E-state index in [9.17, 15) is 9.18 Å². The fourth-order valence-corrected chi connectivity index (χ4v) is 4.81. The molecule has 6 nitrogen and oxygen atoms in total. The quantitative estimate of drug-likeness (QED) is 0.738. The van der Waals surface area contributed by atoms with Crippen molar-refractivity contribution in [1.82, 2.24) is 15.8 Å². The molecule has 0 amide bonds. The smallest absolute Gasteiger partial charge is 0.231 e. The Labute approximate surface area is 175 Å². The number of carbonyl (C=O) groups is 1. The first-order valence-electron chi connectivity index (χ1n) is 10.6. The molecule has 3 atom stereocenters. The second-order valence-electron chi connectivity index (χ2n) is 8.35. The van der Waals surface area contributed by atoms with E-state index in [0.717, 1.165) is 44.6 Å². The number of hydrogen-bond acceptors (Lipinski definition) is 6. The van der Waals surface area contributed by atoms with Crippen LogP contribution in [0, 0.1) is 17.7 Å². The fourth-order valence-electron chi connectivity index (χ4n) is 4.81. The van der Waals surface area contributed by atoms with Gasteiger partial charge in [0, 0.05) is 37.0 Å². The average Bonchev–Trinajstić information content (AvgIpc) is 3.42. The molecule has 0 radical (unpaired) electrons. The lowest BCUT2D eigenvalue weighted by atomic mass is 9.88. The van der Waals surface area contributed by atoms with Crippen LogP contribution in [-0.4, -0.2) is 43.7 Å². The van der Waals surface area contributed by atoms with Gasteiger partial charge in [-0.1, -0.05) is 12.1 Å². The summed E-state index contributed by atoms with van der Waals surface area (Å²) in [5, 5.41) is 0. The highest BCUT2D eigenvalue weighted by molar-refractivity contribution is 5.98. The zero-order valence-corrected chi connectivity index (χ0v) is 16.8. The third kappa shape index (κ3) is 3.93. The van der Waals surface area contributed by atoms with Crippen molar-refractivity contribution < 1.29 is 18.7 Å². The lowest BCUT2D eigenvalue weighted by Crippen LogP contribution is -2.42. The molecule has 158 valence electrons. The minimum Gasteiger partial charge on any atom is -0.454 e. The fraction of sp³-hybridized carbons (Fsp3) is 0.435. The van der Waals surface area contributed by atoms with E-state index in [1.807, 2.05) is 18.2 Å². The van der Waals surface area contributed by atoms with E-state index in [0.29, 0.717) is 23.0 Å². The summed E-state index contributed by atoms with van der Waals surface area (Å²) in [6, 6.07) is 12.3. The SMILES string of the molecule is O=C(c1ccc2c(c1)OCO2)C1CCCN(CC2CNNC2c2cccc(F)c2)C1. The Hall–Kier alpha value is -2.48. The third-order valence-corrected chi connectivity index (χ3v) is 6.33.